The van der Waals surface area contributed by atoms with E-state index >= 15 is 0 Å². The summed E-state index contributed by atoms with van der Waals surface area (Å²) in [5, 5.41) is 11.8. The monoisotopic (exact) mass is 438 g/mol. The van der Waals surface area contributed by atoms with Gasteiger partial charge in [0.05, 0.1) is 12.1 Å². The SMILES string of the molecule is CC1(C)CC=C(c2cc(C3(O)CC(C)(C)N(CC(F)(F)F)C(C)(C)C3)ccc2N)CC1. The maximum absolute atomic E-state index is 13.3. The topological polar surface area (TPSA) is 49.5 Å². The molecule has 0 amide bonds. The third-order valence-electron chi connectivity index (χ3n) is 7.16. The maximum Gasteiger partial charge on any atom is 0.401 e. The Bertz CT molecular complexity index is 850. The number of allylic oxidation sites excluding steroid dienone is 2. The highest BCUT2D eigenvalue weighted by molar-refractivity contribution is 5.76. The van der Waals surface area contributed by atoms with Gasteiger partial charge in [-0.05, 0) is 88.5 Å². The molecule has 0 radical (unpaired) electrons. The van der Waals surface area contributed by atoms with Gasteiger partial charge in [-0.3, -0.25) is 4.90 Å². The van der Waals surface area contributed by atoms with Gasteiger partial charge in [0.15, 0.2) is 0 Å². The Morgan fingerprint density at radius 3 is 2.10 bits per heavy atom. The van der Waals surface area contributed by atoms with Gasteiger partial charge in [0.25, 0.3) is 0 Å². The number of nitrogens with zero attached hydrogens (tertiary/aromatic N) is 1. The molecule has 0 atom stereocenters. The lowest BCUT2D eigenvalue weighted by molar-refractivity contribution is -0.206. The van der Waals surface area contributed by atoms with E-state index in [2.05, 4.69) is 19.9 Å². The first-order chi connectivity index (χ1) is 13.9. The zero-order valence-corrected chi connectivity index (χ0v) is 19.7. The molecule has 6 heteroatoms. The number of nitrogen functional groups attached to an aromatic ring is 1. The first-order valence-corrected chi connectivity index (χ1v) is 11.1. The molecule has 3 N–H and O–H groups in total. The standard InChI is InChI=1S/C25H37F3N2O/c1-21(2)11-9-17(10-12-21)19-13-18(7-8-20(19)29)24(31)14-22(3,4)30(16-25(26,27)28)23(5,6)15-24/h7-9,13,31H,10-12,14-16,29H2,1-6H3. The molecule has 1 fully saturated rings. The fourth-order valence-electron chi connectivity index (χ4n) is 5.76. The summed E-state index contributed by atoms with van der Waals surface area (Å²) in [6, 6.07) is 5.62. The van der Waals surface area contributed by atoms with Crippen molar-refractivity contribution < 1.29 is 18.3 Å². The fraction of sp³-hybridized carbons (Fsp3) is 0.680. The Hall–Kier alpha value is -1.53. The molecule has 1 heterocycles. The van der Waals surface area contributed by atoms with Gasteiger partial charge in [0.2, 0.25) is 0 Å². The van der Waals surface area contributed by atoms with Crippen LogP contribution >= 0.6 is 0 Å². The van der Waals surface area contributed by atoms with Crippen LogP contribution in [0.15, 0.2) is 24.3 Å². The molecule has 0 bridgehead atoms. The van der Waals surface area contributed by atoms with Crippen LogP contribution in [0.25, 0.3) is 5.57 Å². The maximum atomic E-state index is 13.3. The van der Waals surface area contributed by atoms with Gasteiger partial charge in [-0.15, -0.1) is 0 Å². The van der Waals surface area contributed by atoms with E-state index in [-0.39, 0.29) is 18.3 Å². The lowest BCUT2D eigenvalue weighted by Gasteiger charge is -2.58. The van der Waals surface area contributed by atoms with Gasteiger partial charge in [-0.1, -0.05) is 26.0 Å². The predicted octanol–water partition coefficient (Wildman–Crippen LogP) is 6.27. The van der Waals surface area contributed by atoms with Crippen LogP contribution in [0.2, 0.25) is 0 Å². The minimum absolute atomic E-state index is 0.217. The van der Waals surface area contributed by atoms with Crippen molar-refractivity contribution in [3.63, 3.8) is 0 Å². The van der Waals surface area contributed by atoms with Crippen LogP contribution in [-0.2, 0) is 5.60 Å². The second-order valence-corrected chi connectivity index (χ2v) is 11.6. The normalized spacial score (nSPS) is 25.2. The molecule has 1 saturated heterocycles. The number of rotatable bonds is 3. The smallest absolute Gasteiger partial charge is 0.398 e. The van der Waals surface area contributed by atoms with Gasteiger partial charge in [-0.2, -0.15) is 13.2 Å². The number of hydrogen-bond donors (Lipinski definition) is 2. The quantitative estimate of drug-likeness (QED) is 0.547. The number of benzene rings is 1. The number of nitrogens with two attached hydrogens (primary N) is 1. The zero-order chi connectivity index (χ0) is 23.5. The number of likely N-dealkylation sites (tertiary alicyclic amines) is 1. The van der Waals surface area contributed by atoms with Crippen molar-refractivity contribution in [2.75, 3.05) is 12.3 Å². The first-order valence-electron chi connectivity index (χ1n) is 11.1. The largest absolute Gasteiger partial charge is 0.401 e. The van der Waals surface area contributed by atoms with E-state index in [0.717, 1.165) is 30.4 Å². The molecular formula is C25H37F3N2O. The Labute approximate surface area is 184 Å². The van der Waals surface area contributed by atoms with E-state index in [1.54, 1.807) is 27.7 Å². The van der Waals surface area contributed by atoms with E-state index in [4.69, 9.17) is 5.73 Å². The molecule has 0 spiro atoms. The van der Waals surface area contributed by atoms with Crippen molar-refractivity contribution in [3.05, 3.63) is 35.4 Å². The Kier molecular flexibility index (Phi) is 5.85. The summed E-state index contributed by atoms with van der Waals surface area (Å²) in [5.41, 5.74) is 7.21. The van der Waals surface area contributed by atoms with Crippen LogP contribution < -0.4 is 5.73 Å². The number of hydrogen-bond acceptors (Lipinski definition) is 3. The van der Waals surface area contributed by atoms with Crippen LogP contribution in [0.5, 0.6) is 0 Å². The zero-order valence-electron chi connectivity index (χ0n) is 19.7. The number of halogens is 3. The summed E-state index contributed by atoms with van der Waals surface area (Å²) >= 11 is 0. The molecular weight excluding hydrogens is 401 g/mol. The Morgan fingerprint density at radius 2 is 1.61 bits per heavy atom. The van der Waals surface area contributed by atoms with Gasteiger partial charge >= 0.3 is 6.18 Å². The molecule has 1 aliphatic carbocycles. The molecule has 1 aromatic rings. The number of alkyl halides is 3. The van der Waals surface area contributed by atoms with Crippen molar-refractivity contribution in [2.24, 2.45) is 5.41 Å². The van der Waals surface area contributed by atoms with Crippen LogP contribution in [-0.4, -0.2) is 33.8 Å². The number of piperidine rings is 1. The van der Waals surface area contributed by atoms with Crippen molar-refractivity contribution in [1.29, 1.82) is 0 Å². The van der Waals surface area contributed by atoms with Crippen LogP contribution in [0.4, 0.5) is 18.9 Å². The minimum atomic E-state index is -4.29. The third kappa shape index (κ3) is 5.11. The van der Waals surface area contributed by atoms with Crippen molar-refractivity contribution >= 4 is 11.3 Å². The molecule has 1 aliphatic heterocycles. The Balaban J connectivity index is 1.97. The fourth-order valence-corrected chi connectivity index (χ4v) is 5.76. The summed E-state index contributed by atoms with van der Waals surface area (Å²) in [7, 11) is 0. The van der Waals surface area contributed by atoms with Gasteiger partial charge in [-0.25, -0.2) is 0 Å². The van der Waals surface area contributed by atoms with Crippen LogP contribution in [0, 0.1) is 5.41 Å². The van der Waals surface area contributed by atoms with Crippen LogP contribution in [0.3, 0.4) is 0 Å². The summed E-state index contributed by atoms with van der Waals surface area (Å²) in [5.74, 6) is 0. The highest BCUT2D eigenvalue weighted by Gasteiger charge is 2.54. The summed E-state index contributed by atoms with van der Waals surface area (Å²) < 4.78 is 39.8. The summed E-state index contributed by atoms with van der Waals surface area (Å²) in [6.45, 7) is 10.7. The van der Waals surface area contributed by atoms with E-state index in [1.165, 1.54) is 10.5 Å². The molecule has 3 nitrogen and oxygen atoms in total. The van der Waals surface area contributed by atoms with Gasteiger partial charge < -0.3 is 10.8 Å². The van der Waals surface area contributed by atoms with E-state index in [0.29, 0.717) is 5.69 Å². The lowest BCUT2D eigenvalue weighted by atomic mass is 9.67. The predicted molar refractivity (Wildman–Crippen MR) is 121 cm³/mol. The van der Waals surface area contributed by atoms with E-state index in [1.807, 2.05) is 18.2 Å². The minimum Gasteiger partial charge on any atom is -0.398 e. The summed E-state index contributed by atoms with van der Waals surface area (Å²) in [4.78, 5) is 1.48. The van der Waals surface area contributed by atoms with Gasteiger partial charge in [0, 0.05) is 22.3 Å². The van der Waals surface area contributed by atoms with Crippen molar-refractivity contribution in [2.45, 2.75) is 96.5 Å². The molecule has 2 aliphatic rings. The molecule has 0 unspecified atom stereocenters. The number of aliphatic hydroxyl groups is 1. The second-order valence-electron chi connectivity index (χ2n) is 11.6. The second kappa shape index (κ2) is 7.51. The van der Waals surface area contributed by atoms with Gasteiger partial charge in [0.1, 0.15) is 0 Å². The highest BCUT2D eigenvalue weighted by atomic mass is 19.4. The van der Waals surface area contributed by atoms with Crippen molar-refractivity contribution in [3.8, 4) is 0 Å². The van der Waals surface area contributed by atoms with E-state index in [9.17, 15) is 18.3 Å². The molecule has 31 heavy (non-hydrogen) atoms. The van der Waals surface area contributed by atoms with E-state index < -0.39 is 29.4 Å². The van der Waals surface area contributed by atoms with Crippen LogP contribution in [0.1, 0.15) is 84.8 Å². The molecule has 3 rings (SSSR count). The average molecular weight is 439 g/mol. The lowest BCUT2D eigenvalue weighted by Crippen LogP contribution is -2.66. The molecule has 0 aromatic heterocycles. The highest BCUT2D eigenvalue weighted by Crippen LogP contribution is 2.50. The molecule has 0 saturated carbocycles. The molecule has 1 aromatic carbocycles. The first kappa shape index (κ1) is 24.1. The third-order valence-corrected chi connectivity index (χ3v) is 7.16. The summed E-state index contributed by atoms with van der Waals surface area (Å²) in [6.07, 6.45) is 1.35. The van der Waals surface area contributed by atoms with Crippen molar-refractivity contribution in [1.82, 2.24) is 4.90 Å². The average Bonchev–Trinajstić information content (AvgIpc) is 2.57. The Morgan fingerprint density at radius 1 is 1.03 bits per heavy atom. The number of anilines is 1. The molecule has 174 valence electrons.